The van der Waals surface area contributed by atoms with Gasteiger partial charge in [0.1, 0.15) is 5.75 Å². The average Bonchev–Trinajstić information content (AvgIpc) is 2.67. The second-order valence-corrected chi connectivity index (χ2v) is 6.09. The largest absolute Gasteiger partial charge is 0.481 e. The van der Waals surface area contributed by atoms with E-state index in [1.807, 2.05) is 36.4 Å². The molecule has 0 saturated heterocycles. The summed E-state index contributed by atoms with van der Waals surface area (Å²) in [5.74, 6) is -0.0679. The molecule has 0 heterocycles. The molecule has 0 spiro atoms. The van der Waals surface area contributed by atoms with Gasteiger partial charge in [0.2, 0.25) is 0 Å². The van der Waals surface area contributed by atoms with Crippen LogP contribution in [0.1, 0.15) is 18.1 Å². The predicted molar refractivity (Wildman–Crippen MR) is 101 cm³/mol. The number of hydrogen-bond donors (Lipinski definition) is 1. The quantitative estimate of drug-likeness (QED) is 0.507. The Kier molecular flexibility index (Phi) is 5.63. The number of alkyl halides is 3. The topological polar surface area (TPSA) is 50.7 Å². The summed E-state index contributed by atoms with van der Waals surface area (Å²) in [5.41, 5.74) is 1.24. The Morgan fingerprint density at radius 2 is 1.71 bits per heavy atom. The average molecular weight is 386 g/mol. The third-order valence-electron chi connectivity index (χ3n) is 4.05. The van der Waals surface area contributed by atoms with Crippen LogP contribution in [-0.4, -0.2) is 18.2 Å². The predicted octanol–water partition coefficient (Wildman–Crippen LogP) is 4.78. The van der Waals surface area contributed by atoms with Crippen molar-refractivity contribution in [1.82, 2.24) is 5.43 Å². The van der Waals surface area contributed by atoms with Crippen molar-refractivity contribution >= 4 is 22.9 Å². The number of ether oxygens (including phenoxy) is 1. The number of halogens is 3. The zero-order valence-corrected chi connectivity index (χ0v) is 14.9. The molecule has 1 atom stereocenters. The van der Waals surface area contributed by atoms with Gasteiger partial charge in [-0.15, -0.1) is 0 Å². The summed E-state index contributed by atoms with van der Waals surface area (Å²) in [4.78, 5) is 12.1. The van der Waals surface area contributed by atoms with Crippen molar-refractivity contribution in [2.75, 3.05) is 0 Å². The van der Waals surface area contributed by atoms with Crippen LogP contribution in [0.4, 0.5) is 13.2 Å². The van der Waals surface area contributed by atoms with E-state index in [9.17, 15) is 18.0 Å². The lowest BCUT2D eigenvalue weighted by Gasteiger charge is -2.13. The van der Waals surface area contributed by atoms with Crippen molar-refractivity contribution in [2.45, 2.75) is 19.2 Å². The van der Waals surface area contributed by atoms with E-state index >= 15 is 0 Å². The number of carbonyl (C=O) groups excluding carboxylic acids is 1. The molecule has 144 valence electrons. The number of benzene rings is 3. The van der Waals surface area contributed by atoms with E-state index in [4.69, 9.17) is 4.74 Å². The molecule has 4 nitrogen and oxygen atoms in total. The number of carbonyl (C=O) groups is 1. The maximum absolute atomic E-state index is 12.9. The number of nitrogens with one attached hydrogen (secondary N) is 1. The van der Waals surface area contributed by atoms with Crippen LogP contribution in [0.3, 0.4) is 0 Å². The van der Waals surface area contributed by atoms with Crippen molar-refractivity contribution in [2.24, 2.45) is 5.10 Å². The summed E-state index contributed by atoms with van der Waals surface area (Å²) in [5, 5.41) is 5.63. The Morgan fingerprint density at radius 1 is 1.04 bits per heavy atom. The fraction of sp³-hybridized carbons (Fsp3) is 0.143. The molecule has 0 aliphatic heterocycles. The number of rotatable bonds is 5. The minimum absolute atomic E-state index is 0.140. The summed E-state index contributed by atoms with van der Waals surface area (Å²) in [6, 6.07) is 18.1. The number of hydrazone groups is 1. The SMILES string of the molecule is C[C@H](Oc1ccc2ccccc2c1)C(=O)NN=Cc1ccccc1C(F)(F)F. The molecule has 0 fully saturated rings. The molecule has 3 rings (SSSR count). The van der Waals surface area contributed by atoms with Gasteiger partial charge in [0.15, 0.2) is 6.10 Å². The van der Waals surface area contributed by atoms with Crippen molar-refractivity contribution in [3.05, 3.63) is 77.9 Å². The highest BCUT2D eigenvalue weighted by Gasteiger charge is 2.32. The van der Waals surface area contributed by atoms with Gasteiger partial charge in [-0.05, 0) is 35.9 Å². The highest BCUT2D eigenvalue weighted by molar-refractivity contribution is 5.86. The van der Waals surface area contributed by atoms with Gasteiger partial charge in [0, 0.05) is 5.56 Å². The first-order valence-corrected chi connectivity index (χ1v) is 8.49. The molecule has 1 N–H and O–H groups in total. The van der Waals surface area contributed by atoms with Crippen LogP contribution < -0.4 is 10.2 Å². The van der Waals surface area contributed by atoms with Gasteiger partial charge in [-0.1, -0.05) is 48.5 Å². The lowest BCUT2D eigenvalue weighted by Crippen LogP contribution is -2.33. The van der Waals surface area contributed by atoms with Crippen LogP contribution in [0.25, 0.3) is 10.8 Å². The van der Waals surface area contributed by atoms with E-state index in [-0.39, 0.29) is 5.56 Å². The first-order valence-electron chi connectivity index (χ1n) is 8.49. The third-order valence-corrected chi connectivity index (χ3v) is 4.05. The van der Waals surface area contributed by atoms with Gasteiger partial charge in [-0.2, -0.15) is 18.3 Å². The van der Waals surface area contributed by atoms with Gasteiger partial charge in [-0.3, -0.25) is 4.79 Å². The molecule has 0 bridgehead atoms. The molecule has 0 aliphatic rings. The van der Waals surface area contributed by atoms with Crippen LogP contribution in [0.2, 0.25) is 0 Å². The van der Waals surface area contributed by atoms with E-state index < -0.39 is 23.8 Å². The van der Waals surface area contributed by atoms with Gasteiger partial charge >= 0.3 is 6.18 Å². The Balaban J connectivity index is 1.64. The summed E-state index contributed by atoms with van der Waals surface area (Å²) in [6.45, 7) is 1.53. The molecule has 28 heavy (non-hydrogen) atoms. The summed E-state index contributed by atoms with van der Waals surface area (Å²) >= 11 is 0. The Bertz CT molecular complexity index is 1020. The standard InChI is InChI=1S/C21H17F3N2O2/c1-14(28-18-11-10-15-6-2-3-7-16(15)12-18)20(27)26-25-13-17-8-4-5-9-19(17)21(22,23)24/h2-14H,1H3,(H,26,27)/t14-/m0/s1. The molecule has 0 aromatic heterocycles. The van der Waals surface area contributed by atoms with Crippen molar-refractivity contribution in [1.29, 1.82) is 0 Å². The summed E-state index contributed by atoms with van der Waals surface area (Å²) in [7, 11) is 0. The Hall–Kier alpha value is -3.35. The first kappa shape index (κ1) is 19.4. The maximum Gasteiger partial charge on any atom is 0.417 e. The molecule has 0 unspecified atom stereocenters. The van der Waals surface area contributed by atoms with E-state index in [0.717, 1.165) is 23.1 Å². The number of fused-ring (bicyclic) bond motifs is 1. The van der Waals surface area contributed by atoms with Crippen molar-refractivity contribution < 1.29 is 22.7 Å². The lowest BCUT2D eigenvalue weighted by atomic mass is 10.1. The molecular weight excluding hydrogens is 369 g/mol. The summed E-state index contributed by atoms with van der Waals surface area (Å²) < 4.78 is 44.4. The Labute approximate surface area is 159 Å². The molecule has 1 amide bonds. The van der Waals surface area contributed by atoms with E-state index in [1.54, 1.807) is 6.07 Å². The highest BCUT2D eigenvalue weighted by atomic mass is 19.4. The molecule has 3 aromatic rings. The molecular formula is C21H17F3N2O2. The van der Waals surface area contributed by atoms with Crippen LogP contribution in [-0.2, 0) is 11.0 Å². The fourth-order valence-electron chi connectivity index (χ4n) is 2.62. The molecule has 0 saturated carbocycles. The molecule has 7 heteroatoms. The minimum Gasteiger partial charge on any atom is -0.481 e. The molecule has 0 radical (unpaired) electrons. The smallest absolute Gasteiger partial charge is 0.417 e. The zero-order valence-electron chi connectivity index (χ0n) is 14.9. The lowest BCUT2D eigenvalue weighted by molar-refractivity contribution is -0.137. The number of hydrogen-bond acceptors (Lipinski definition) is 3. The van der Waals surface area contributed by atoms with Gasteiger partial charge in [0.25, 0.3) is 5.91 Å². The third kappa shape index (κ3) is 4.68. The highest BCUT2D eigenvalue weighted by Crippen LogP contribution is 2.31. The fourth-order valence-corrected chi connectivity index (χ4v) is 2.62. The normalized spacial score (nSPS) is 12.9. The second kappa shape index (κ2) is 8.12. The number of amides is 1. The molecule has 3 aromatic carbocycles. The maximum atomic E-state index is 12.9. The van der Waals surface area contributed by atoms with Crippen molar-refractivity contribution in [3.63, 3.8) is 0 Å². The monoisotopic (exact) mass is 386 g/mol. The number of nitrogens with zero attached hydrogens (tertiary/aromatic N) is 1. The van der Waals surface area contributed by atoms with Crippen LogP contribution in [0.5, 0.6) is 5.75 Å². The van der Waals surface area contributed by atoms with Crippen LogP contribution in [0.15, 0.2) is 71.8 Å². The van der Waals surface area contributed by atoms with Crippen molar-refractivity contribution in [3.8, 4) is 5.75 Å². The minimum atomic E-state index is -4.50. The molecule has 0 aliphatic carbocycles. The van der Waals surface area contributed by atoms with E-state index in [0.29, 0.717) is 5.75 Å². The zero-order chi connectivity index (χ0) is 20.1. The van der Waals surface area contributed by atoms with E-state index in [1.165, 1.54) is 25.1 Å². The van der Waals surface area contributed by atoms with Gasteiger partial charge < -0.3 is 4.74 Å². The van der Waals surface area contributed by atoms with Crippen LogP contribution in [0, 0.1) is 0 Å². The first-order chi connectivity index (χ1) is 13.3. The van der Waals surface area contributed by atoms with Gasteiger partial charge in [0.05, 0.1) is 11.8 Å². The Morgan fingerprint density at radius 3 is 2.46 bits per heavy atom. The summed E-state index contributed by atoms with van der Waals surface area (Å²) in [6.07, 6.45) is -4.42. The van der Waals surface area contributed by atoms with Crippen LogP contribution >= 0.6 is 0 Å². The van der Waals surface area contributed by atoms with Gasteiger partial charge in [-0.25, -0.2) is 5.43 Å². The second-order valence-electron chi connectivity index (χ2n) is 6.09. The van der Waals surface area contributed by atoms with E-state index in [2.05, 4.69) is 10.5 Å².